The highest BCUT2D eigenvalue weighted by atomic mass is 19.1. The molecule has 2 N–H and O–H groups in total. The van der Waals surface area contributed by atoms with Crippen molar-refractivity contribution in [3.63, 3.8) is 0 Å². The molecule has 0 aromatic heterocycles. The first kappa shape index (κ1) is 15.5. The Kier molecular flexibility index (Phi) is 4.99. The fourth-order valence-corrected chi connectivity index (χ4v) is 1.98. The Balaban J connectivity index is 2.05. The second-order valence-corrected chi connectivity index (χ2v) is 5.28. The monoisotopic (exact) mass is 288 g/mol. The molecule has 0 spiro atoms. The molecular formula is C16H18BFO3. The van der Waals surface area contributed by atoms with Gasteiger partial charge >= 0.3 is 7.12 Å². The van der Waals surface area contributed by atoms with Crippen molar-refractivity contribution in [1.29, 1.82) is 0 Å². The minimum absolute atomic E-state index is 0.0696. The number of ether oxygens (including phenoxy) is 1. The van der Waals surface area contributed by atoms with Gasteiger partial charge < -0.3 is 14.8 Å². The van der Waals surface area contributed by atoms with E-state index < -0.39 is 12.9 Å². The number of rotatable bonds is 5. The van der Waals surface area contributed by atoms with Gasteiger partial charge in [0, 0.05) is 6.07 Å². The number of halogens is 1. The Bertz CT molecular complexity index is 597. The van der Waals surface area contributed by atoms with Crippen molar-refractivity contribution in [2.24, 2.45) is 0 Å². The molecule has 0 aliphatic carbocycles. The van der Waals surface area contributed by atoms with Crippen LogP contribution >= 0.6 is 0 Å². The second kappa shape index (κ2) is 6.74. The Morgan fingerprint density at radius 1 is 1.10 bits per heavy atom. The average Bonchev–Trinajstić information content (AvgIpc) is 2.45. The summed E-state index contributed by atoms with van der Waals surface area (Å²) in [6.07, 6.45) is 0. The molecule has 0 atom stereocenters. The van der Waals surface area contributed by atoms with Crippen LogP contribution in [0, 0.1) is 5.82 Å². The molecule has 0 unspecified atom stereocenters. The molecule has 2 aromatic carbocycles. The average molecular weight is 288 g/mol. The molecule has 21 heavy (non-hydrogen) atoms. The molecule has 0 aliphatic rings. The summed E-state index contributed by atoms with van der Waals surface area (Å²) in [5.41, 5.74) is 2.28. The van der Waals surface area contributed by atoms with Gasteiger partial charge in [0.05, 0.1) is 0 Å². The van der Waals surface area contributed by atoms with Gasteiger partial charge in [-0.15, -0.1) is 0 Å². The maximum absolute atomic E-state index is 13.4. The molecule has 0 amide bonds. The van der Waals surface area contributed by atoms with E-state index in [1.807, 2.05) is 24.3 Å². The highest BCUT2D eigenvalue weighted by molar-refractivity contribution is 6.58. The van der Waals surface area contributed by atoms with Crippen molar-refractivity contribution in [2.75, 3.05) is 0 Å². The van der Waals surface area contributed by atoms with Crippen LogP contribution in [0.2, 0.25) is 0 Å². The summed E-state index contributed by atoms with van der Waals surface area (Å²) in [7, 11) is -1.71. The molecule has 3 nitrogen and oxygen atoms in total. The predicted octanol–water partition coefficient (Wildman–Crippen LogP) is 2.21. The first-order valence-corrected chi connectivity index (χ1v) is 6.84. The fraction of sp³-hybridized carbons (Fsp3) is 0.250. The Morgan fingerprint density at radius 3 is 2.33 bits per heavy atom. The lowest BCUT2D eigenvalue weighted by Crippen LogP contribution is -2.30. The highest BCUT2D eigenvalue weighted by Crippen LogP contribution is 2.17. The smallest absolute Gasteiger partial charge is 0.488 e. The Morgan fingerprint density at radius 2 is 1.76 bits per heavy atom. The topological polar surface area (TPSA) is 49.7 Å². The maximum atomic E-state index is 13.4. The number of hydrogen-bond acceptors (Lipinski definition) is 3. The molecule has 0 saturated carbocycles. The van der Waals surface area contributed by atoms with E-state index in [2.05, 4.69) is 13.8 Å². The van der Waals surface area contributed by atoms with E-state index in [4.69, 9.17) is 14.8 Å². The minimum atomic E-state index is -1.71. The lowest BCUT2D eigenvalue weighted by molar-refractivity contribution is 0.304. The molecule has 0 saturated heterocycles. The van der Waals surface area contributed by atoms with Crippen LogP contribution in [0.5, 0.6) is 5.75 Å². The fourth-order valence-electron chi connectivity index (χ4n) is 1.98. The predicted molar refractivity (Wildman–Crippen MR) is 81.1 cm³/mol. The van der Waals surface area contributed by atoms with E-state index in [1.165, 1.54) is 17.7 Å². The molecular weight excluding hydrogens is 270 g/mol. The van der Waals surface area contributed by atoms with Crippen molar-refractivity contribution < 1.29 is 19.2 Å². The summed E-state index contributed by atoms with van der Waals surface area (Å²) in [4.78, 5) is 0. The van der Waals surface area contributed by atoms with E-state index in [9.17, 15) is 4.39 Å². The third kappa shape index (κ3) is 4.31. The standard InChI is InChI=1S/C16H18BFO3/c1-11(2)13-5-3-12(4-6-13)10-21-16-8-14(17(19)20)7-15(18)9-16/h3-9,11,19-20H,10H2,1-2H3. The van der Waals surface area contributed by atoms with Crippen LogP contribution in [0.25, 0.3) is 0 Å². The Labute approximate surface area is 124 Å². The third-order valence-electron chi connectivity index (χ3n) is 3.24. The van der Waals surface area contributed by atoms with E-state index in [0.29, 0.717) is 12.5 Å². The van der Waals surface area contributed by atoms with Crippen LogP contribution < -0.4 is 10.2 Å². The highest BCUT2D eigenvalue weighted by Gasteiger charge is 2.13. The van der Waals surface area contributed by atoms with Crippen molar-refractivity contribution in [3.05, 3.63) is 59.4 Å². The van der Waals surface area contributed by atoms with Gasteiger partial charge in [0.1, 0.15) is 18.2 Å². The van der Waals surface area contributed by atoms with E-state index in [-0.39, 0.29) is 11.2 Å². The van der Waals surface area contributed by atoms with Gasteiger partial charge in [-0.3, -0.25) is 0 Å². The summed E-state index contributed by atoms with van der Waals surface area (Å²) in [5.74, 6) is 0.175. The van der Waals surface area contributed by atoms with Crippen LogP contribution in [-0.4, -0.2) is 17.2 Å². The van der Waals surface area contributed by atoms with Crippen LogP contribution in [0.1, 0.15) is 30.9 Å². The number of benzene rings is 2. The second-order valence-electron chi connectivity index (χ2n) is 5.28. The zero-order valence-electron chi connectivity index (χ0n) is 12.1. The van der Waals surface area contributed by atoms with Crippen molar-refractivity contribution in [1.82, 2.24) is 0 Å². The molecule has 110 valence electrons. The van der Waals surface area contributed by atoms with Crippen molar-refractivity contribution in [3.8, 4) is 5.75 Å². The molecule has 0 radical (unpaired) electrons. The lowest BCUT2D eigenvalue weighted by Gasteiger charge is -2.10. The minimum Gasteiger partial charge on any atom is -0.489 e. The van der Waals surface area contributed by atoms with Crippen LogP contribution in [0.15, 0.2) is 42.5 Å². The third-order valence-corrected chi connectivity index (χ3v) is 3.24. The first-order chi connectivity index (χ1) is 9.95. The Hall–Kier alpha value is -1.85. The van der Waals surface area contributed by atoms with Gasteiger partial charge in [0.2, 0.25) is 0 Å². The quantitative estimate of drug-likeness (QED) is 0.829. The van der Waals surface area contributed by atoms with Gasteiger partial charge in [-0.25, -0.2) is 4.39 Å². The van der Waals surface area contributed by atoms with Crippen molar-refractivity contribution >= 4 is 12.6 Å². The summed E-state index contributed by atoms with van der Waals surface area (Å²) in [5, 5.41) is 18.1. The summed E-state index contributed by atoms with van der Waals surface area (Å²) in [6, 6.07) is 11.7. The van der Waals surface area contributed by atoms with E-state index >= 15 is 0 Å². The normalized spacial score (nSPS) is 10.8. The molecule has 2 rings (SSSR count). The van der Waals surface area contributed by atoms with Gasteiger partial charge in [0.15, 0.2) is 0 Å². The van der Waals surface area contributed by atoms with Crippen LogP contribution in [0.3, 0.4) is 0 Å². The molecule has 0 heterocycles. The molecule has 0 fully saturated rings. The summed E-state index contributed by atoms with van der Waals surface area (Å²) >= 11 is 0. The molecule has 5 heteroatoms. The maximum Gasteiger partial charge on any atom is 0.488 e. The summed E-state index contributed by atoms with van der Waals surface area (Å²) < 4.78 is 18.9. The molecule has 0 aliphatic heterocycles. The van der Waals surface area contributed by atoms with Crippen LogP contribution in [-0.2, 0) is 6.61 Å². The first-order valence-electron chi connectivity index (χ1n) is 6.84. The van der Waals surface area contributed by atoms with Gasteiger partial charge in [-0.1, -0.05) is 38.1 Å². The molecule has 2 aromatic rings. The van der Waals surface area contributed by atoms with E-state index in [1.54, 1.807) is 0 Å². The van der Waals surface area contributed by atoms with Gasteiger partial charge in [0.25, 0.3) is 0 Å². The SMILES string of the molecule is CC(C)c1ccc(COc2cc(F)cc(B(O)O)c2)cc1. The van der Waals surface area contributed by atoms with Gasteiger partial charge in [-0.2, -0.15) is 0 Å². The zero-order chi connectivity index (χ0) is 15.4. The number of hydrogen-bond donors (Lipinski definition) is 2. The lowest BCUT2D eigenvalue weighted by atomic mass is 9.80. The van der Waals surface area contributed by atoms with Gasteiger partial charge in [-0.05, 0) is 34.6 Å². The largest absolute Gasteiger partial charge is 0.489 e. The van der Waals surface area contributed by atoms with E-state index in [0.717, 1.165) is 11.6 Å². The van der Waals surface area contributed by atoms with Crippen LogP contribution in [0.4, 0.5) is 4.39 Å². The summed E-state index contributed by atoms with van der Waals surface area (Å²) in [6.45, 7) is 4.54. The van der Waals surface area contributed by atoms with Crippen molar-refractivity contribution in [2.45, 2.75) is 26.4 Å². The molecule has 0 bridgehead atoms. The zero-order valence-corrected chi connectivity index (χ0v) is 12.1.